The molecule has 0 aliphatic heterocycles. The molecule has 10 nitrogen and oxygen atoms in total. The molecule has 0 rings (SSSR count). The summed E-state index contributed by atoms with van der Waals surface area (Å²) in [7, 11) is -4.81. The molecule has 0 saturated carbocycles. The van der Waals surface area contributed by atoms with Crippen LogP contribution in [0.4, 0.5) is 0 Å². The van der Waals surface area contributed by atoms with Crippen LogP contribution in [0.25, 0.3) is 0 Å². The predicted octanol–water partition coefficient (Wildman–Crippen LogP) is 5.77. The fraction of sp³-hybridized carbons (Fsp3) is 0.812. The van der Waals surface area contributed by atoms with E-state index in [0.717, 1.165) is 51.4 Å². The molecule has 0 aliphatic rings. The van der Waals surface area contributed by atoms with Gasteiger partial charge in [0.2, 0.25) is 11.8 Å². The second kappa shape index (κ2) is 32.1. The van der Waals surface area contributed by atoms with Gasteiger partial charge in [0.05, 0.1) is 20.2 Å². The third-order valence-corrected chi connectivity index (χ3v) is 8.80. The quantitative estimate of drug-likeness (QED) is 0.0430. The molecule has 0 N–H and O–H groups in total. The predicted molar refractivity (Wildman–Crippen MR) is 183 cm³/mol. The fourth-order valence-corrected chi connectivity index (χ4v) is 5.55. The van der Waals surface area contributed by atoms with Crippen molar-refractivity contribution >= 4 is 69.8 Å². The number of hydrogen-bond acceptors (Lipinski definition) is 8. The van der Waals surface area contributed by atoms with E-state index in [0.29, 0.717) is 51.6 Å². The van der Waals surface area contributed by atoms with Crippen LogP contribution in [-0.2, 0) is 29.8 Å². The second-order valence-corrected chi connectivity index (χ2v) is 14.5. The Morgan fingerprint density at radius 2 is 0.822 bits per heavy atom. The van der Waals surface area contributed by atoms with Crippen LogP contribution in [0.15, 0.2) is 25.3 Å². The molecule has 0 aliphatic carbocycles. The molecule has 0 bridgehead atoms. The van der Waals surface area contributed by atoms with E-state index in [1.165, 1.54) is 38.5 Å². The van der Waals surface area contributed by atoms with Crippen LogP contribution >= 0.6 is 0 Å². The second-order valence-electron chi connectivity index (χ2n) is 11.5. The van der Waals surface area contributed by atoms with Crippen LogP contribution < -0.4 is 0 Å². The van der Waals surface area contributed by atoms with Gasteiger partial charge in [-0.15, -0.1) is 13.2 Å². The molecule has 0 aromatic heterocycles. The minimum atomic E-state index is -4.13. The number of carbonyl (C=O) groups is 2. The van der Waals surface area contributed by atoms with E-state index >= 15 is 0 Å². The van der Waals surface area contributed by atoms with E-state index in [-0.39, 0.29) is 61.1 Å². The SMILES string of the molecule is C=CCCCCCCCCC(=O)N(C)CCCCS(=O)(=O)[O-].C=CCCCCCCCCC(=O)N(C)CCCCS(=O)(=O)[O-].[Ca+2]. The zero-order valence-electron chi connectivity index (χ0n) is 28.2. The Kier molecular flexibility index (Phi) is 34.8. The zero-order valence-corrected chi connectivity index (χ0v) is 32.1. The van der Waals surface area contributed by atoms with Gasteiger partial charge in [0.25, 0.3) is 0 Å². The Labute approximate surface area is 305 Å². The summed E-state index contributed by atoms with van der Waals surface area (Å²) in [6.07, 6.45) is 22.4. The van der Waals surface area contributed by atoms with E-state index in [1.807, 2.05) is 12.2 Å². The summed E-state index contributed by atoms with van der Waals surface area (Å²) >= 11 is 0. The molecule has 2 amide bonds. The molecule has 45 heavy (non-hydrogen) atoms. The van der Waals surface area contributed by atoms with Gasteiger partial charge in [-0.3, -0.25) is 9.59 Å². The summed E-state index contributed by atoms with van der Waals surface area (Å²) in [6, 6.07) is 0. The third-order valence-electron chi connectivity index (χ3n) is 7.23. The standard InChI is InChI=1S/2C16H31NO4S.Ca/c2*1-3-4-5-6-7-8-9-10-13-16(18)17(2)14-11-12-15-22(19,20)21;/h2*3H,1,4-15H2,2H3,(H,19,20,21);/q;;+2/p-2. The average molecular weight is 705 g/mol. The molecule has 0 spiro atoms. The maximum atomic E-state index is 11.8. The Morgan fingerprint density at radius 1 is 0.533 bits per heavy atom. The van der Waals surface area contributed by atoms with Crippen molar-refractivity contribution in [3.05, 3.63) is 25.3 Å². The van der Waals surface area contributed by atoms with Crippen molar-refractivity contribution in [2.45, 2.75) is 128 Å². The van der Waals surface area contributed by atoms with Gasteiger partial charge >= 0.3 is 37.7 Å². The normalized spacial score (nSPS) is 11.1. The van der Waals surface area contributed by atoms with E-state index in [4.69, 9.17) is 0 Å². The first-order chi connectivity index (χ1) is 20.7. The average Bonchev–Trinajstić information content (AvgIpc) is 2.95. The van der Waals surface area contributed by atoms with Crippen molar-refractivity contribution in [3.63, 3.8) is 0 Å². The van der Waals surface area contributed by atoms with Crippen LogP contribution in [0.5, 0.6) is 0 Å². The van der Waals surface area contributed by atoms with Crippen LogP contribution in [0.3, 0.4) is 0 Å². The number of rotatable bonds is 28. The molecule has 0 atom stereocenters. The van der Waals surface area contributed by atoms with Gasteiger partial charge in [-0.1, -0.05) is 63.5 Å². The topological polar surface area (TPSA) is 155 Å². The summed E-state index contributed by atoms with van der Waals surface area (Å²) in [5.74, 6) is -0.504. The van der Waals surface area contributed by atoms with Crippen molar-refractivity contribution < 1.29 is 35.5 Å². The van der Waals surface area contributed by atoms with Crippen molar-refractivity contribution in [3.8, 4) is 0 Å². The fourth-order valence-electron chi connectivity index (χ4n) is 4.43. The van der Waals surface area contributed by atoms with Crippen LogP contribution in [0, 0.1) is 0 Å². The third kappa shape index (κ3) is 39.6. The van der Waals surface area contributed by atoms with Gasteiger partial charge in [0.1, 0.15) is 0 Å². The minimum absolute atomic E-state index is 0. The Morgan fingerprint density at radius 3 is 1.11 bits per heavy atom. The van der Waals surface area contributed by atoms with Crippen LogP contribution in [-0.4, -0.2) is 124 Å². The largest absolute Gasteiger partial charge is 2.00 e. The molecular formula is C32H60CaN2O8S2. The Hall–Kier alpha value is -0.500. The molecule has 0 heterocycles. The number of unbranched alkanes of at least 4 members (excludes halogenated alkanes) is 14. The summed E-state index contributed by atoms with van der Waals surface area (Å²) in [4.78, 5) is 26.9. The first-order valence-electron chi connectivity index (χ1n) is 16.3. The summed E-state index contributed by atoms with van der Waals surface area (Å²) in [5.41, 5.74) is 0. The molecule has 0 radical (unpaired) electrons. The summed E-state index contributed by atoms with van der Waals surface area (Å²) in [5, 5.41) is 0. The van der Waals surface area contributed by atoms with E-state index in [2.05, 4.69) is 13.2 Å². The van der Waals surface area contributed by atoms with Gasteiger partial charge in [-0.25, -0.2) is 16.8 Å². The van der Waals surface area contributed by atoms with Crippen molar-refractivity contribution in [1.82, 2.24) is 9.80 Å². The van der Waals surface area contributed by atoms with Crippen molar-refractivity contribution in [2.75, 3.05) is 38.7 Å². The number of allylic oxidation sites excluding steroid dienone is 2. The summed E-state index contributed by atoms with van der Waals surface area (Å²) < 4.78 is 62.7. The summed E-state index contributed by atoms with van der Waals surface area (Å²) in [6.45, 7) is 8.41. The van der Waals surface area contributed by atoms with Crippen LogP contribution in [0.2, 0.25) is 0 Å². The zero-order chi connectivity index (χ0) is 33.7. The van der Waals surface area contributed by atoms with Gasteiger partial charge in [-0.05, 0) is 64.2 Å². The number of nitrogens with zero attached hydrogens (tertiary/aromatic N) is 2. The number of hydrogen-bond donors (Lipinski definition) is 0. The van der Waals surface area contributed by atoms with Crippen LogP contribution in [0.1, 0.15) is 128 Å². The van der Waals surface area contributed by atoms with Gasteiger partial charge in [-0.2, -0.15) is 0 Å². The molecule has 0 aromatic carbocycles. The van der Waals surface area contributed by atoms with E-state index in [9.17, 15) is 35.5 Å². The molecular weight excluding hydrogens is 645 g/mol. The van der Waals surface area contributed by atoms with Gasteiger partial charge < -0.3 is 18.9 Å². The first-order valence-corrected chi connectivity index (χ1v) is 19.5. The van der Waals surface area contributed by atoms with Crippen molar-refractivity contribution in [1.29, 1.82) is 0 Å². The molecule has 0 unspecified atom stereocenters. The van der Waals surface area contributed by atoms with Gasteiger partial charge in [0, 0.05) is 51.5 Å². The van der Waals surface area contributed by atoms with Crippen molar-refractivity contribution in [2.24, 2.45) is 0 Å². The smallest absolute Gasteiger partial charge is 0.748 e. The first kappa shape index (κ1) is 48.9. The Bertz CT molecular complexity index is 898. The molecule has 0 aromatic rings. The minimum Gasteiger partial charge on any atom is -0.748 e. The molecule has 0 saturated heterocycles. The van der Waals surface area contributed by atoms with E-state index < -0.39 is 20.2 Å². The number of carbonyl (C=O) groups excluding carboxylic acids is 2. The maximum absolute atomic E-state index is 11.8. The molecule has 13 heteroatoms. The molecule has 0 fully saturated rings. The van der Waals surface area contributed by atoms with Gasteiger partial charge in [0.15, 0.2) is 0 Å². The monoisotopic (exact) mass is 704 g/mol. The van der Waals surface area contributed by atoms with E-state index in [1.54, 1.807) is 23.9 Å². The maximum Gasteiger partial charge on any atom is 2.00 e. The Balaban J connectivity index is -0.000000767. The number of amides is 2. The molecule has 260 valence electrons.